The monoisotopic (exact) mass is 260 g/mol. The second-order valence-corrected chi connectivity index (χ2v) is 4.71. The van der Waals surface area contributed by atoms with E-state index in [1.165, 1.54) is 4.90 Å². The van der Waals surface area contributed by atoms with Gasteiger partial charge in [-0.25, -0.2) is 4.79 Å². The van der Waals surface area contributed by atoms with E-state index in [0.717, 1.165) is 19.3 Å². The van der Waals surface area contributed by atoms with E-state index in [2.05, 4.69) is 5.32 Å². The highest BCUT2D eigenvalue weighted by Crippen LogP contribution is 2.24. The fourth-order valence-electron chi connectivity index (χ4n) is 2.36. The summed E-state index contributed by atoms with van der Waals surface area (Å²) < 4.78 is 5.36. The molecule has 2 aliphatic heterocycles. The summed E-state index contributed by atoms with van der Waals surface area (Å²) in [5, 5.41) is 31.3. The summed E-state index contributed by atoms with van der Waals surface area (Å²) in [5.41, 5.74) is 0. The van der Waals surface area contributed by atoms with Gasteiger partial charge < -0.3 is 25.4 Å². The first-order valence-corrected chi connectivity index (χ1v) is 6.32. The first-order valence-electron chi connectivity index (χ1n) is 6.32. The molecule has 0 saturated carbocycles. The van der Waals surface area contributed by atoms with Crippen molar-refractivity contribution >= 4 is 6.03 Å². The number of aliphatic hydroxyl groups is 3. The van der Waals surface area contributed by atoms with Crippen molar-refractivity contribution < 1.29 is 24.9 Å². The number of ether oxygens (including phenoxy) is 1. The van der Waals surface area contributed by atoms with Crippen LogP contribution in [0.4, 0.5) is 4.79 Å². The van der Waals surface area contributed by atoms with Crippen LogP contribution in [-0.2, 0) is 4.74 Å². The van der Waals surface area contributed by atoms with Gasteiger partial charge in [0, 0.05) is 13.1 Å². The SMILES string of the molecule is O=C1NCCCCCN1C1OC(CO)C(O)C1O. The Kier molecular flexibility index (Phi) is 4.39. The highest BCUT2D eigenvalue weighted by molar-refractivity contribution is 5.74. The number of hydrogen-bond donors (Lipinski definition) is 4. The number of amides is 2. The number of urea groups is 1. The van der Waals surface area contributed by atoms with Crippen LogP contribution < -0.4 is 5.32 Å². The molecule has 7 heteroatoms. The topological polar surface area (TPSA) is 102 Å². The minimum absolute atomic E-state index is 0.301. The highest BCUT2D eigenvalue weighted by Gasteiger charge is 2.46. The van der Waals surface area contributed by atoms with Gasteiger partial charge in [0.1, 0.15) is 18.3 Å². The Morgan fingerprint density at radius 3 is 2.72 bits per heavy atom. The van der Waals surface area contributed by atoms with E-state index in [-0.39, 0.29) is 12.6 Å². The summed E-state index contributed by atoms with van der Waals surface area (Å²) in [4.78, 5) is 13.3. The van der Waals surface area contributed by atoms with Crippen LogP contribution in [0.25, 0.3) is 0 Å². The molecule has 0 bridgehead atoms. The number of carbonyl (C=O) groups excluding carboxylic acids is 1. The number of nitrogens with zero attached hydrogens (tertiary/aromatic N) is 1. The van der Waals surface area contributed by atoms with E-state index in [1.54, 1.807) is 0 Å². The zero-order valence-corrected chi connectivity index (χ0v) is 10.2. The number of hydrogen-bond acceptors (Lipinski definition) is 5. The molecule has 4 atom stereocenters. The molecule has 0 aromatic carbocycles. The fourth-order valence-corrected chi connectivity index (χ4v) is 2.36. The van der Waals surface area contributed by atoms with Gasteiger partial charge in [-0.05, 0) is 19.3 Å². The van der Waals surface area contributed by atoms with Crippen molar-refractivity contribution in [3.8, 4) is 0 Å². The summed E-state index contributed by atoms with van der Waals surface area (Å²) >= 11 is 0. The average Bonchev–Trinajstić information content (AvgIpc) is 2.62. The number of aliphatic hydroxyl groups excluding tert-OH is 3. The van der Waals surface area contributed by atoms with Crippen molar-refractivity contribution in [3.05, 3.63) is 0 Å². The number of nitrogens with one attached hydrogen (secondary N) is 1. The third kappa shape index (κ3) is 2.59. The summed E-state index contributed by atoms with van der Waals surface area (Å²) in [5.74, 6) is 0. The van der Waals surface area contributed by atoms with Gasteiger partial charge in [0.2, 0.25) is 0 Å². The highest BCUT2D eigenvalue weighted by atomic mass is 16.6. The quantitative estimate of drug-likeness (QED) is 0.490. The predicted molar refractivity (Wildman–Crippen MR) is 61.7 cm³/mol. The van der Waals surface area contributed by atoms with Crippen LogP contribution in [0.5, 0.6) is 0 Å². The van der Waals surface area contributed by atoms with Crippen LogP contribution in [0.2, 0.25) is 0 Å². The van der Waals surface area contributed by atoms with Gasteiger partial charge in [0.15, 0.2) is 6.23 Å². The van der Waals surface area contributed by atoms with Gasteiger partial charge in [0.25, 0.3) is 0 Å². The lowest BCUT2D eigenvalue weighted by Gasteiger charge is -2.31. The van der Waals surface area contributed by atoms with E-state index < -0.39 is 24.5 Å². The molecule has 2 rings (SSSR count). The molecule has 2 fully saturated rings. The van der Waals surface area contributed by atoms with E-state index in [4.69, 9.17) is 9.84 Å². The smallest absolute Gasteiger partial charge is 0.319 e. The Bertz CT molecular complexity index is 301. The Balaban J connectivity index is 2.06. The van der Waals surface area contributed by atoms with Crippen molar-refractivity contribution in [2.24, 2.45) is 0 Å². The lowest BCUT2D eigenvalue weighted by atomic mass is 10.1. The number of rotatable bonds is 2. The maximum Gasteiger partial charge on any atom is 0.319 e. The van der Waals surface area contributed by atoms with Gasteiger partial charge in [0.05, 0.1) is 6.61 Å². The summed E-state index contributed by atoms with van der Waals surface area (Å²) in [7, 11) is 0. The normalized spacial score (nSPS) is 38.2. The Morgan fingerprint density at radius 2 is 2.06 bits per heavy atom. The molecular formula is C11H20N2O5. The van der Waals surface area contributed by atoms with Crippen LogP contribution in [0.3, 0.4) is 0 Å². The largest absolute Gasteiger partial charge is 0.394 e. The average molecular weight is 260 g/mol. The number of carbonyl (C=O) groups is 1. The molecule has 18 heavy (non-hydrogen) atoms. The third-order valence-electron chi connectivity index (χ3n) is 3.44. The van der Waals surface area contributed by atoms with Crippen LogP contribution in [0.1, 0.15) is 19.3 Å². The molecule has 7 nitrogen and oxygen atoms in total. The lowest BCUT2D eigenvalue weighted by molar-refractivity contribution is -0.0801. The molecule has 4 unspecified atom stereocenters. The molecule has 0 spiro atoms. The summed E-state index contributed by atoms with van der Waals surface area (Å²) in [6, 6.07) is -0.301. The maximum absolute atomic E-state index is 11.9. The van der Waals surface area contributed by atoms with E-state index in [9.17, 15) is 15.0 Å². The molecule has 2 heterocycles. The Hall–Kier alpha value is -0.890. The molecule has 0 radical (unpaired) electrons. The molecular weight excluding hydrogens is 240 g/mol. The van der Waals surface area contributed by atoms with Gasteiger partial charge in [-0.2, -0.15) is 0 Å². The van der Waals surface area contributed by atoms with Crippen LogP contribution in [0.15, 0.2) is 0 Å². The van der Waals surface area contributed by atoms with Crippen LogP contribution >= 0.6 is 0 Å². The molecule has 104 valence electrons. The Labute approximate surface area is 105 Å². The molecule has 2 saturated heterocycles. The van der Waals surface area contributed by atoms with Gasteiger partial charge in [-0.1, -0.05) is 0 Å². The summed E-state index contributed by atoms with van der Waals surface area (Å²) in [6.45, 7) is 0.687. The van der Waals surface area contributed by atoms with Crippen molar-refractivity contribution in [1.82, 2.24) is 10.2 Å². The minimum Gasteiger partial charge on any atom is -0.394 e. The third-order valence-corrected chi connectivity index (χ3v) is 3.44. The van der Waals surface area contributed by atoms with Crippen LogP contribution in [-0.4, -0.2) is 70.5 Å². The van der Waals surface area contributed by atoms with Gasteiger partial charge in [-0.3, -0.25) is 4.90 Å². The zero-order valence-electron chi connectivity index (χ0n) is 10.2. The second kappa shape index (κ2) is 5.83. The standard InChI is InChI=1S/C11H20N2O5/c14-6-7-8(15)9(16)10(18-7)13-5-3-1-2-4-12-11(13)17/h7-10,14-16H,1-6H2,(H,12,17). The van der Waals surface area contributed by atoms with Crippen molar-refractivity contribution in [2.45, 2.75) is 43.8 Å². The van der Waals surface area contributed by atoms with E-state index in [1.807, 2.05) is 0 Å². The maximum atomic E-state index is 11.9. The lowest BCUT2D eigenvalue weighted by Crippen LogP contribution is -2.52. The van der Waals surface area contributed by atoms with Crippen molar-refractivity contribution in [1.29, 1.82) is 0 Å². The first-order chi connectivity index (χ1) is 8.65. The first kappa shape index (κ1) is 13.5. The van der Waals surface area contributed by atoms with E-state index in [0.29, 0.717) is 13.1 Å². The van der Waals surface area contributed by atoms with Gasteiger partial charge >= 0.3 is 6.03 Å². The molecule has 2 amide bonds. The Morgan fingerprint density at radius 1 is 1.28 bits per heavy atom. The fraction of sp³-hybridized carbons (Fsp3) is 0.909. The molecule has 2 aliphatic rings. The van der Waals surface area contributed by atoms with Crippen molar-refractivity contribution in [3.63, 3.8) is 0 Å². The molecule has 0 aromatic rings. The van der Waals surface area contributed by atoms with E-state index >= 15 is 0 Å². The molecule has 4 N–H and O–H groups in total. The minimum atomic E-state index is -1.19. The van der Waals surface area contributed by atoms with Crippen molar-refractivity contribution in [2.75, 3.05) is 19.7 Å². The zero-order chi connectivity index (χ0) is 13.1. The predicted octanol–water partition coefficient (Wildman–Crippen LogP) is -1.38. The van der Waals surface area contributed by atoms with Gasteiger partial charge in [-0.15, -0.1) is 0 Å². The molecule has 0 aliphatic carbocycles. The van der Waals surface area contributed by atoms with Crippen LogP contribution in [0, 0.1) is 0 Å². The molecule has 0 aromatic heterocycles. The summed E-state index contributed by atoms with van der Waals surface area (Å²) in [6.07, 6.45) is -1.33. The second-order valence-electron chi connectivity index (χ2n) is 4.71.